The van der Waals surface area contributed by atoms with Gasteiger partial charge in [0.1, 0.15) is 5.58 Å². The molecule has 0 amide bonds. The number of carbonyl (C=O) groups is 1. The Morgan fingerprint density at radius 1 is 1.39 bits per heavy atom. The summed E-state index contributed by atoms with van der Waals surface area (Å²) >= 11 is 0. The molecule has 0 saturated heterocycles. The molecule has 0 N–H and O–H groups in total. The fourth-order valence-corrected chi connectivity index (χ4v) is 2.00. The van der Waals surface area contributed by atoms with Gasteiger partial charge in [-0.2, -0.15) is 5.10 Å². The number of para-hydroxylation sites is 1. The van der Waals surface area contributed by atoms with Gasteiger partial charge in [0.2, 0.25) is 5.78 Å². The second-order valence-corrected chi connectivity index (χ2v) is 4.34. The SMILES string of the molecule is Cc1cccc2cc(C(=O)c3cnn(C)c3)oc12. The van der Waals surface area contributed by atoms with E-state index in [1.807, 2.05) is 25.1 Å². The van der Waals surface area contributed by atoms with Gasteiger partial charge in [-0.3, -0.25) is 9.48 Å². The fraction of sp³-hybridized carbons (Fsp3) is 0.143. The predicted molar refractivity (Wildman–Crippen MR) is 67.6 cm³/mol. The molecule has 4 heteroatoms. The molecule has 0 bridgehead atoms. The van der Waals surface area contributed by atoms with Crippen LogP contribution in [0.15, 0.2) is 41.1 Å². The van der Waals surface area contributed by atoms with E-state index in [1.54, 1.807) is 30.2 Å². The van der Waals surface area contributed by atoms with Gasteiger partial charge in [-0.1, -0.05) is 18.2 Å². The maximum Gasteiger partial charge on any atom is 0.231 e. The van der Waals surface area contributed by atoms with Crippen LogP contribution < -0.4 is 0 Å². The third kappa shape index (κ3) is 1.62. The smallest absolute Gasteiger partial charge is 0.231 e. The van der Waals surface area contributed by atoms with E-state index in [0.29, 0.717) is 11.3 Å². The van der Waals surface area contributed by atoms with E-state index in [2.05, 4.69) is 5.10 Å². The number of nitrogens with zero attached hydrogens (tertiary/aromatic N) is 2. The third-order valence-corrected chi connectivity index (χ3v) is 2.93. The lowest BCUT2D eigenvalue weighted by Gasteiger charge is -1.93. The molecule has 0 aliphatic carbocycles. The summed E-state index contributed by atoms with van der Waals surface area (Å²) in [4.78, 5) is 12.2. The van der Waals surface area contributed by atoms with Crippen molar-refractivity contribution in [2.75, 3.05) is 0 Å². The van der Waals surface area contributed by atoms with Gasteiger partial charge in [0.25, 0.3) is 0 Å². The van der Waals surface area contributed by atoms with Gasteiger partial charge in [0.15, 0.2) is 5.76 Å². The molecule has 0 aliphatic rings. The molecular weight excluding hydrogens is 228 g/mol. The first kappa shape index (κ1) is 10.8. The predicted octanol–water partition coefficient (Wildman–Crippen LogP) is 2.71. The Balaban J connectivity index is 2.10. The second kappa shape index (κ2) is 3.84. The molecule has 0 saturated carbocycles. The highest BCUT2D eigenvalue weighted by atomic mass is 16.3. The number of fused-ring (bicyclic) bond motifs is 1. The average Bonchev–Trinajstić information content (AvgIpc) is 2.95. The van der Waals surface area contributed by atoms with Gasteiger partial charge in [-0.15, -0.1) is 0 Å². The zero-order valence-electron chi connectivity index (χ0n) is 10.2. The van der Waals surface area contributed by atoms with Gasteiger partial charge in [0, 0.05) is 18.6 Å². The quantitative estimate of drug-likeness (QED) is 0.647. The van der Waals surface area contributed by atoms with Gasteiger partial charge in [-0.25, -0.2) is 0 Å². The highest BCUT2D eigenvalue weighted by Gasteiger charge is 2.16. The number of aryl methyl sites for hydroxylation is 2. The molecule has 4 nitrogen and oxygen atoms in total. The number of ketones is 1. The summed E-state index contributed by atoms with van der Waals surface area (Å²) in [7, 11) is 1.78. The van der Waals surface area contributed by atoms with Crippen LogP contribution in [0.2, 0.25) is 0 Å². The molecule has 0 aliphatic heterocycles. The number of carbonyl (C=O) groups excluding carboxylic acids is 1. The van der Waals surface area contributed by atoms with Crippen molar-refractivity contribution >= 4 is 16.8 Å². The van der Waals surface area contributed by atoms with E-state index < -0.39 is 0 Å². The van der Waals surface area contributed by atoms with Crippen LogP contribution in [-0.4, -0.2) is 15.6 Å². The van der Waals surface area contributed by atoms with E-state index >= 15 is 0 Å². The number of hydrogen-bond acceptors (Lipinski definition) is 3. The minimum absolute atomic E-state index is 0.140. The molecule has 0 radical (unpaired) electrons. The Morgan fingerprint density at radius 3 is 2.89 bits per heavy atom. The molecular formula is C14H12N2O2. The monoisotopic (exact) mass is 240 g/mol. The molecule has 0 unspecified atom stereocenters. The summed E-state index contributed by atoms with van der Waals surface area (Å²) in [6.45, 7) is 1.96. The molecule has 0 spiro atoms. The number of benzene rings is 1. The van der Waals surface area contributed by atoms with Crippen LogP contribution >= 0.6 is 0 Å². The van der Waals surface area contributed by atoms with E-state index in [1.165, 1.54) is 0 Å². The number of rotatable bonds is 2. The molecule has 3 aromatic rings. The van der Waals surface area contributed by atoms with Crippen molar-refractivity contribution in [2.24, 2.45) is 7.05 Å². The van der Waals surface area contributed by atoms with Crippen LogP contribution in [0.3, 0.4) is 0 Å². The molecule has 1 aromatic carbocycles. The first-order valence-electron chi connectivity index (χ1n) is 5.67. The van der Waals surface area contributed by atoms with Crippen molar-refractivity contribution in [3.63, 3.8) is 0 Å². The van der Waals surface area contributed by atoms with Crippen LogP contribution in [0, 0.1) is 6.92 Å². The van der Waals surface area contributed by atoms with Gasteiger partial charge < -0.3 is 4.42 Å². The van der Waals surface area contributed by atoms with Crippen molar-refractivity contribution in [3.05, 3.63) is 53.5 Å². The summed E-state index contributed by atoms with van der Waals surface area (Å²) in [5, 5.41) is 4.94. The van der Waals surface area contributed by atoms with Crippen LogP contribution in [0.4, 0.5) is 0 Å². The normalized spacial score (nSPS) is 11.0. The first-order valence-corrected chi connectivity index (χ1v) is 5.67. The second-order valence-electron chi connectivity index (χ2n) is 4.34. The van der Waals surface area contributed by atoms with E-state index in [4.69, 9.17) is 4.42 Å². The lowest BCUT2D eigenvalue weighted by molar-refractivity contribution is 0.101. The molecule has 0 fully saturated rings. The maximum absolute atomic E-state index is 12.2. The van der Waals surface area contributed by atoms with Crippen LogP contribution in [0.25, 0.3) is 11.0 Å². The van der Waals surface area contributed by atoms with Crippen LogP contribution in [-0.2, 0) is 7.05 Å². The van der Waals surface area contributed by atoms with Crippen molar-refractivity contribution in [1.82, 2.24) is 9.78 Å². The van der Waals surface area contributed by atoms with E-state index in [9.17, 15) is 4.79 Å². The lowest BCUT2D eigenvalue weighted by Crippen LogP contribution is -1.97. The average molecular weight is 240 g/mol. The molecule has 2 heterocycles. The Hall–Kier alpha value is -2.36. The summed E-state index contributed by atoms with van der Waals surface area (Å²) in [5.41, 5.74) is 2.33. The van der Waals surface area contributed by atoms with Crippen molar-refractivity contribution < 1.29 is 9.21 Å². The summed E-state index contributed by atoms with van der Waals surface area (Å²) in [6.07, 6.45) is 3.23. The Labute approximate surface area is 104 Å². The molecule has 90 valence electrons. The Kier molecular flexibility index (Phi) is 2.30. The number of hydrogen-bond donors (Lipinski definition) is 0. The molecule has 2 aromatic heterocycles. The zero-order chi connectivity index (χ0) is 12.7. The fourth-order valence-electron chi connectivity index (χ4n) is 2.00. The Morgan fingerprint density at radius 2 is 2.22 bits per heavy atom. The first-order chi connectivity index (χ1) is 8.65. The van der Waals surface area contributed by atoms with Crippen LogP contribution in [0.1, 0.15) is 21.7 Å². The van der Waals surface area contributed by atoms with Crippen LogP contribution in [0.5, 0.6) is 0 Å². The van der Waals surface area contributed by atoms with Crippen molar-refractivity contribution in [3.8, 4) is 0 Å². The van der Waals surface area contributed by atoms with Gasteiger partial charge in [-0.05, 0) is 18.6 Å². The van der Waals surface area contributed by atoms with Crippen molar-refractivity contribution in [1.29, 1.82) is 0 Å². The summed E-state index contributed by atoms with van der Waals surface area (Å²) in [5.74, 6) is 0.214. The number of aromatic nitrogens is 2. The van der Waals surface area contributed by atoms with Gasteiger partial charge >= 0.3 is 0 Å². The highest BCUT2D eigenvalue weighted by molar-refractivity contribution is 6.08. The summed E-state index contributed by atoms with van der Waals surface area (Å²) in [6, 6.07) is 7.62. The van der Waals surface area contributed by atoms with E-state index in [-0.39, 0.29) is 5.78 Å². The minimum Gasteiger partial charge on any atom is -0.452 e. The molecule has 3 rings (SSSR count). The topological polar surface area (TPSA) is 48.0 Å². The standard InChI is InChI=1S/C14H12N2O2/c1-9-4-3-5-10-6-12(18-14(9)10)13(17)11-7-15-16(2)8-11/h3-8H,1-2H3. The largest absolute Gasteiger partial charge is 0.452 e. The molecule has 18 heavy (non-hydrogen) atoms. The highest BCUT2D eigenvalue weighted by Crippen LogP contribution is 2.24. The van der Waals surface area contributed by atoms with Crippen molar-refractivity contribution in [2.45, 2.75) is 6.92 Å². The number of furan rings is 1. The molecule has 0 atom stereocenters. The summed E-state index contributed by atoms with van der Waals surface area (Å²) < 4.78 is 7.24. The zero-order valence-corrected chi connectivity index (χ0v) is 10.2. The minimum atomic E-state index is -0.140. The third-order valence-electron chi connectivity index (χ3n) is 2.93. The van der Waals surface area contributed by atoms with E-state index in [0.717, 1.165) is 16.5 Å². The van der Waals surface area contributed by atoms with Gasteiger partial charge in [0.05, 0.1) is 11.8 Å². The Bertz CT molecular complexity index is 737. The lowest BCUT2D eigenvalue weighted by atomic mass is 10.1. The maximum atomic E-state index is 12.2.